The summed E-state index contributed by atoms with van der Waals surface area (Å²) in [6, 6.07) is 4.28. The van der Waals surface area contributed by atoms with E-state index in [9.17, 15) is 9.18 Å². The fraction of sp³-hybridized carbons (Fsp3) is 0.500. The Morgan fingerprint density at radius 3 is 2.75 bits per heavy atom. The molecule has 0 spiro atoms. The molecule has 20 heavy (non-hydrogen) atoms. The Bertz CT molecular complexity index is 452. The summed E-state index contributed by atoms with van der Waals surface area (Å²) in [6.45, 7) is 5.05. The van der Waals surface area contributed by atoms with Crippen LogP contribution < -0.4 is 11.1 Å². The molecular weight excluding hydrogens is 261 g/mol. The molecule has 1 aromatic rings. The number of nitrogens with two attached hydrogens (primary N) is 1. The number of halogens is 1. The molecule has 0 heterocycles. The molecule has 1 aromatic carbocycles. The lowest BCUT2D eigenvalue weighted by molar-refractivity contribution is -0.116. The Morgan fingerprint density at radius 2 is 2.15 bits per heavy atom. The molecule has 0 aromatic heterocycles. The number of nitrogens with one attached hydrogen (secondary N) is 1. The number of amides is 1. The van der Waals surface area contributed by atoms with Crippen molar-refractivity contribution in [3.8, 4) is 0 Å². The lowest BCUT2D eigenvalue weighted by Gasteiger charge is -2.25. The zero-order chi connectivity index (χ0) is 15.1. The Kier molecular flexibility index (Phi) is 6.41. The number of nitrogens with zero attached hydrogens (tertiary/aromatic N) is 1. The third-order valence-corrected chi connectivity index (χ3v) is 3.01. The summed E-state index contributed by atoms with van der Waals surface area (Å²) < 4.78 is 13.5. The van der Waals surface area contributed by atoms with E-state index in [4.69, 9.17) is 10.8 Å². The van der Waals surface area contributed by atoms with Gasteiger partial charge in [-0.2, -0.15) is 0 Å². The molecule has 5 nitrogen and oxygen atoms in total. The maximum Gasteiger partial charge on any atom is 0.225 e. The molecule has 0 aliphatic rings. The minimum atomic E-state index is -0.511. The van der Waals surface area contributed by atoms with Gasteiger partial charge in [0.1, 0.15) is 5.82 Å². The Hall–Kier alpha value is -1.66. The third-order valence-electron chi connectivity index (χ3n) is 3.01. The SMILES string of the molecule is CC(C)N(CCO)CCC(=O)Nc1cc(N)ccc1F. The lowest BCUT2D eigenvalue weighted by Crippen LogP contribution is -2.36. The maximum atomic E-state index is 13.5. The van der Waals surface area contributed by atoms with Crippen molar-refractivity contribution >= 4 is 17.3 Å². The number of carbonyl (C=O) groups is 1. The standard InChI is InChI=1S/C14H22FN3O2/c1-10(2)18(7-8-19)6-5-14(20)17-13-9-11(16)3-4-12(13)15/h3-4,9-10,19H,5-8,16H2,1-2H3,(H,17,20). The highest BCUT2D eigenvalue weighted by Gasteiger charge is 2.12. The van der Waals surface area contributed by atoms with E-state index < -0.39 is 5.82 Å². The average molecular weight is 283 g/mol. The van der Waals surface area contributed by atoms with Crippen molar-refractivity contribution in [3.05, 3.63) is 24.0 Å². The summed E-state index contributed by atoms with van der Waals surface area (Å²) in [7, 11) is 0. The second-order valence-corrected chi connectivity index (χ2v) is 4.89. The molecule has 112 valence electrons. The summed E-state index contributed by atoms with van der Waals surface area (Å²) in [6.07, 6.45) is 0.229. The highest BCUT2D eigenvalue weighted by Crippen LogP contribution is 2.17. The molecule has 0 aliphatic carbocycles. The highest BCUT2D eigenvalue weighted by atomic mass is 19.1. The molecule has 0 saturated carbocycles. The van der Waals surface area contributed by atoms with Crippen LogP contribution in [0.15, 0.2) is 18.2 Å². The van der Waals surface area contributed by atoms with Gasteiger partial charge in [0.25, 0.3) is 0 Å². The second kappa shape index (κ2) is 7.81. The summed E-state index contributed by atoms with van der Waals surface area (Å²) in [4.78, 5) is 13.8. The number of carbonyl (C=O) groups excluding carboxylic acids is 1. The summed E-state index contributed by atoms with van der Waals surface area (Å²) in [5.41, 5.74) is 6.04. The van der Waals surface area contributed by atoms with Crippen molar-refractivity contribution in [2.45, 2.75) is 26.3 Å². The monoisotopic (exact) mass is 283 g/mol. The van der Waals surface area contributed by atoms with E-state index in [0.29, 0.717) is 18.8 Å². The molecule has 4 N–H and O–H groups in total. The average Bonchev–Trinajstić information content (AvgIpc) is 2.38. The van der Waals surface area contributed by atoms with Gasteiger partial charge in [-0.1, -0.05) is 0 Å². The number of aliphatic hydroxyl groups is 1. The van der Waals surface area contributed by atoms with Crippen LogP contribution in [0.5, 0.6) is 0 Å². The van der Waals surface area contributed by atoms with Crippen molar-refractivity contribution in [3.63, 3.8) is 0 Å². The van der Waals surface area contributed by atoms with Crippen LogP contribution in [0, 0.1) is 5.82 Å². The molecule has 1 amide bonds. The first-order chi connectivity index (χ1) is 9.43. The van der Waals surface area contributed by atoms with Gasteiger partial charge in [0.15, 0.2) is 0 Å². The van der Waals surface area contributed by atoms with Crippen LogP contribution in [0.4, 0.5) is 15.8 Å². The van der Waals surface area contributed by atoms with Crippen LogP contribution >= 0.6 is 0 Å². The molecule has 0 fully saturated rings. The van der Waals surface area contributed by atoms with Crippen LogP contribution in [0.1, 0.15) is 20.3 Å². The highest BCUT2D eigenvalue weighted by molar-refractivity contribution is 5.91. The minimum absolute atomic E-state index is 0.0453. The first-order valence-electron chi connectivity index (χ1n) is 6.63. The molecule has 0 atom stereocenters. The van der Waals surface area contributed by atoms with Gasteiger partial charge in [0, 0.05) is 31.2 Å². The van der Waals surface area contributed by atoms with Crippen molar-refractivity contribution < 1.29 is 14.3 Å². The largest absolute Gasteiger partial charge is 0.399 e. The normalized spacial score (nSPS) is 11.1. The van der Waals surface area contributed by atoms with E-state index in [2.05, 4.69) is 5.32 Å². The van der Waals surface area contributed by atoms with Crippen LogP contribution in [-0.4, -0.2) is 41.7 Å². The minimum Gasteiger partial charge on any atom is -0.399 e. The number of benzene rings is 1. The number of aliphatic hydroxyl groups excluding tert-OH is 1. The van der Waals surface area contributed by atoms with Crippen LogP contribution in [0.25, 0.3) is 0 Å². The van der Waals surface area contributed by atoms with Crippen LogP contribution in [0.2, 0.25) is 0 Å². The Morgan fingerprint density at radius 1 is 1.45 bits per heavy atom. The molecular formula is C14H22FN3O2. The molecule has 1 rings (SSSR count). The predicted molar refractivity (Wildman–Crippen MR) is 77.9 cm³/mol. The first kappa shape index (κ1) is 16.4. The zero-order valence-electron chi connectivity index (χ0n) is 11.9. The summed E-state index contributed by atoms with van der Waals surface area (Å²) in [5.74, 6) is -0.790. The van der Waals surface area contributed by atoms with Crippen LogP contribution in [0.3, 0.4) is 0 Å². The molecule has 0 saturated heterocycles. The number of hydrogen-bond donors (Lipinski definition) is 3. The van der Waals surface area contributed by atoms with Crippen molar-refractivity contribution in [2.24, 2.45) is 0 Å². The number of nitrogen functional groups attached to an aromatic ring is 1. The topological polar surface area (TPSA) is 78.6 Å². The van der Waals surface area contributed by atoms with Crippen molar-refractivity contribution in [1.82, 2.24) is 4.90 Å². The van der Waals surface area contributed by atoms with Crippen molar-refractivity contribution in [2.75, 3.05) is 30.7 Å². The number of rotatable bonds is 7. The maximum absolute atomic E-state index is 13.5. The van der Waals surface area contributed by atoms with Gasteiger partial charge in [0.05, 0.1) is 12.3 Å². The third kappa shape index (κ3) is 5.14. The van der Waals surface area contributed by atoms with E-state index in [-0.39, 0.29) is 30.7 Å². The number of hydrogen-bond acceptors (Lipinski definition) is 4. The molecule has 0 radical (unpaired) electrons. The van der Waals surface area contributed by atoms with Crippen LogP contribution in [-0.2, 0) is 4.79 Å². The Balaban J connectivity index is 2.53. The molecule has 0 bridgehead atoms. The van der Waals surface area contributed by atoms with E-state index in [1.807, 2.05) is 18.7 Å². The molecule has 0 unspecified atom stereocenters. The van der Waals surface area contributed by atoms with Gasteiger partial charge >= 0.3 is 0 Å². The quantitative estimate of drug-likeness (QED) is 0.662. The summed E-state index contributed by atoms with van der Waals surface area (Å²) >= 11 is 0. The fourth-order valence-corrected chi connectivity index (χ4v) is 1.85. The first-order valence-corrected chi connectivity index (χ1v) is 6.63. The van der Waals surface area contributed by atoms with Gasteiger partial charge < -0.3 is 16.2 Å². The second-order valence-electron chi connectivity index (χ2n) is 4.89. The lowest BCUT2D eigenvalue weighted by atomic mass is 10.2. The van der Waals surface area contributed by atoms with Gasteiger partial charge in [-0.05, 0) is 32.0 Å². The van der Waals surface area contributed by atoms with Crippen molar-refractivity contribution in [1.29, 1.82) is 0 Å². The summed E-state index contributed by atoms with van der Waals surface area (Å²) in [5, 5.41) is 11.5. The van der Waals surface area contributed by atoms with E-state index in [1.54, 1.807) is 0 Å². The van der Waals surface area contributed by atoms with Gasteiger partial charge in [-0.15, -0.1) is 0 Å². The fourth-order valence-electron chi connectivity index (χ4n) is 1.85. The molecule has 6 heteroatoms. The number of anilines is 2. The van der Waals surface area contributed by atoms with Gasteiger partial charge in [-0.3, -0.25) is 9.69 Å². The van der Waals surface area contributed by atoms with E-state index in [1.165, 1.54) is 18.2 Å². The smallest absolute Gasteiger partial charge is 0.225 e. The van der Waals surface area contributed by atoms with Gasteiger partial charge in [-0.25, -0.2) is 4.39 Å². The van der Waals surface area contributed by atoms with E-state index in [0.717, 1.165) is 0 Å². The zero-order valence-corrected chi connectivity index (χ0v) is 11.9. The predicted octanol–water partition coefficient (Wildman–Crippen LogP) is 1.44. The van der Waals surface area contributed by atoms with E-state index >= 15 is 0 Å². The van der Waals surface area contributed by atoms with Gasteiger partial charge in [0.2, 0.25) is 5.91 Å². The molecule has 0 aliphatic heterocycles. The Labute approximate surface area is 118 Å².